The number of hydrogen-bond acceptors (Lipinski definition) is 8. The highest BCUT2D eigenvalue weighted by molar-refractivity contribution is 7.26. The second-order valence-electron chi connectivity index (χ2n) is 33.4. The number of furan rings is 1. The van der Waals surface area contributed by atoms with Crippen LogP contribution in [0.15, 0.2) is 453 Å². The number of fused-ring (bicyclic) bond motifs is 16. The van der Waals surface area contributed by atoms with Gasteiger partial charge in [-0.1, -0.05) is 409 Å². The average molecular weight is 1680 g/mol. The van der Waals surface area contributed by atoms with Crippen molar-refractivity contribution in [2.75, 3.05) is 0 Å². The van der Waals surface area contributed by atoms with Crippen LogP contribution >= 0.6 is 11.3 Å². The van der Waals surface area contributed by atoms with Gasteiger partial charge in [0.2, 0.25) is 0 Å². The molecule has 0 N–H and O–H groups in total. The van der Waals surface area contributed by atoms with Gasteiger partial charge in [0, 0.05) is 64.3 Å². The molecule has 0 bridgehead atoms. The summed E-state index contributed by atoms with van der Waals surface area (Å²) >= 11 is 1.83. The summed E-state index contributed by atoms with van der Waals surface area (Å²) in [4.78, 5) is 31.6. The first-order chi connectivity index (χ1) is 63.4. The lowest BCUT2D eigenvalue weighted by molar-refractivity contribution is 0.668. The third-order valence-electron chi connectivity index (χ3n) is 26.4. The number of benzene rings is 20. The maximum atomic E-state index is 6.70. The fourth-order valence-electron chi connectivity index (χ4n) is 20.4. The van der Waals surface area contributed by atoms with Gasteiger partial charge in [-0.25, -0.2) is 29.9 Å². The lowest BCUT2D eigenvalue weighted by Crippen LogP contribution is -2.28. The molecule has 0 aliphatic heterocycles. The highest BCUT2D eigenvalue weighted by Gasteiger charge is 2.48. The van der Waals surface area contributed by atoms with Crippen molar-refractivity contribution in [2.45, 2.75) is 25.7 Å². The minimum atomic E-state index is -0.552. The van der Waals surface area contributed by atoms with Crippen molar-refractivity contribution in [1.82, 2.24) is 29.9 Å². The molecule has 0 radical (unpaired) electrons. The zero-order valence-electron chi connectivity index (χ0n) is 69.2. The average Bonchev–Trinajstić information content (AvgIpc) is 1.53. The molecule has 4 aromatic heterocycles. The van der Waals surface area contributed by atoms with E-state index < -0.39 is 10.8 Å². The molecular formula is C122H82N6OS. The largest absolute Gasteiger partial charge is 0.456 e. The molecule has 24 aromatic rings. The van der Waals surface area contributed by atoms with Crippen LogP contribution in [0.2, 0.25) is 0 Å². The van der Waals surface area contributed by atoms with E-state index in [2.05, 4.69) is 437 Å². The van der Waals surface area contributed by atoms with E-state index >= 15 is 0 Å². The van der Waals surface area contributed by atoms with E-state index in [1.807, 2.05) is 23.5 Å². The minimum absolute atomic E-state index is 0. The summed E-state index contributed by atoms with van der Waals surface area (Å²) in [5.41, 5.74) is 25.9. The van der Waals surface area contributed by atoms with Crippen molar-refractivity contribution in [3.63, 3.8) is 0 Å². The SMILES string of the molecule is C.C.c1ccc(C2(c3ccc4c(c3)sc3cccc(-c5nc(-c6ccc(-c7ccc8ccccc8c7)cc6)nc(-c6ccc7ccccc7c6)n5)c34)c3ccccc3-c3ccccc32)cc1.c1ccc(C2(c3ccc4oc5cccc(-c6nc(-c7ccc(-c8ccc9ccccc9c8)cc7)nc(-c7ccc8ccccc8c7)n6)c5c4c3)c3ccccc3-c3ccccc32)cc1. The zero-order valence-corrected chi connectivity index (χ0v) is 70.0. The van der Waals surface area contributed by atoms with Crippen LogP contribution in [0.1, 0.15) is 59.4 Å². The summed E-state index contributed by atoms with van der Waals surface area (Å²) in [5, 5.41) is 13.8. The maximum Gasteiger partial charge on any atom is 0.164 e. The molecule has 0 atom stereocenters. The third kappa shape index (κ3) is 12.8. The van der Waals surface area contributed by atoms with E-state index in [-0.39, 0.29) is 14.9 Å². The van der Waals surface area contributed by atoms with Gasteiger partial charge in [-0.2, -0.15) is 0 Å². The van der Waals surface area contributed by atoms with Crippen LogP contribution in [0.25, 0.3) is 198 Å². The molecule has 20 aromatic carbocycles. The van der Waals surface area contributed by atoms with Crippen molar-refractivity contribution in [2.24, 2.45) is 0 Å². The first kappa shape index (κ1) is 78.2. The molecule has 8 heteroatoms. The second-order valence-corrected chi connectivity index (χ2v) is 34.5. The van der Waals surface area contributed by atoms with Crippen LogP contribution in [0, 0.1) is 0 Å². The summed E-state index contributed by atoms with van der Waals surface area (Å²) in [7, 11) is 0. The molecule has 612 valence electrons. The van der Waals surface area contributed by atoms with Crippen LogP contribution in [0.5, 0.6) is 0 Å². The van der Waals surface area contributed by atoms with Crippen LogP contribution in [-0.2, 0) is 10.8 Å². The van der Waals surface area contributed by atoms with E-state index in [0.717, 1.165) is 93.6 Å². The topological polar surface area (TPSA) is 90.5 Å². The highest BCUT2D eigenvalue weighted by atomic mass is 32.1. The Morgan fingerprint density at radius 3 is 0.946 bits per heavy atom. The second kappa shape index (κ2) is 31.9. The Kier molecular flexibility index (Phi) is 19.2. The zero-order chi connectivity index (χ0) is 84.4. The van der Waals surface area contributed by atoms with Crippen LogP contribution in [0.4, 0.5) is 0 Å². The first-order valence-electron chi connectivity index (χ1n) is 43.5. The summed E-state index contributed by atoms with van der Waals surface area (Å²) < 4.78 is 9.12. The maximum absolute atomic E-state index is 6.70. The molecule has 0 saturated carbocycles. The Morgan fingerprint density at radius 2 is 0.508 bits per heavy atom. The van der Waals surface area contributed by atoms with Gasteiger partial charge >= 0.3 is 0 Å². The first-order valence-corrected chi connectivity index (χ1v) is 44.3. The number of nitrogens with zero attached hydrogens (tertiary/aromatic N) is 6. The normalized spacial score (nSPS) is 12.6. The quantitative estimate of drug-likeness (QED) is 0.120. The molecule has 7 nitrogen and oxygen atoms in total. The molecule has 0 amide bonds. The van der Waals surface area contributed by atoms with Gasteiger partial charge < -0.3 is 4.42 Å². The van der Waals surface area contributed by atoms with E-state index in [0.29, 0.717) is 34.9 Å². The van der Waals surface area contributed by atoms with Crippen molar-refractivity contribution >= 4 is 96.5 Å². The van der Waals surface area contributed by atoms with E-state index in [9.17, 15) is 0 Å². The summed E-state index contributed by atoms with van der Waals surface area (Å²) in [6.45, 7) is 0. The molecular weight excluding hydrogens is 1600 g/mol. The molecule has 26 rings (SSSR count). The Balaban J connectivity index is 0.000000146. The van der Waals surface area contributed by atoms with Gasteiger partial charge in [0.05, 0.1) is 10.8 Å². The van der Waals surface area contributed by atoms with Gasteiger partial charge in [0.25, 0.3) is 0 Å². The van der Waals surface area contributed by atoms with E-state index in [4.69, 9.17) is 34.3 Å². The molecule has 0 saturated heterocycles. The third-order valence-corrected chi connectivity index (χ3v) is 27.5. The Morgan fingerprint density at radius 1 is 0.185 bits per heavy atom. The van der Waals surface area contributed by atoms with Crippen LogP contribution < -0.4 is 0 Å². The predicted molar refractivity (Wildman–Crippen MR) is 541 cm³/mol. The predicted octanol–water partition coefficient (Wildman–Crippen LogP) is 32.0. The number of thiophene rings is 1. The van der Waals surface area contributed by atoms with Crippen molar-refractivity contribution in [1.29, 1.82) is 0 Å². The molecule has 0 spiro atoms. The monoisotopic (exact) mass is 1680 g/mol. The Hall–Kier alpha value is -16.5. The van der Waals surface area contributed by atoms with Gasteiger partial charge in [-0.3, -0.25) is 0 Å². The van der Waals surface area contributed by atoms with Crippen molar-refractivity contribution in [3.05, 3.63) is 493 Å². The number of rotatable bonds is 12. The molecule has 2 aliphatic carbocycles. The fourth-order valence-corrected chi connectivity index (χ4v) is 21.6. The van der Waals surface area contributed by atoms with Gasteiger partial charge in [-0.05, 0) is 187 Å². The summed E-state index contributed by atoms with van der Waals surface area (Å²) in [6, 6.07) is 161. The lowest BCUT2D eigenvalue weighted by Gasteiger charge is -2.33. The molecule has 2 aliphatic rings. The van der Waals surface area contributed by atoms with Crippen LogP contribution in [0.3, 0.4) is 0 Å². The highest BCUT2D eigenvalue weighted by Crippen LogP contribution is 2.59. The van der Waals surface area contributed by atoms with Crippen molar-refractivity contribution < 1.29 is 4.42 Å². The molecule has 4 heterocycles. The van der Waals surface area contributed by atoms with E-state index in [1.165, 1.54) is 114 Å². The number of hydrogen-bond donors (Lipinski definition) is 0. The summed E-state index contributed by atoms with van der Waals surface area (Å²) in [5.74, 6) is 3.73. The lowest BCUT2D eigenvalue weighted by atomic mass is 9.67. The smallest absolute Gasteiger partial charge is 0.164 e. The minimum Gasteiger partial charge on any atom is -0.456 e. The summed E-state index contributed by atoms with van der Waals surface area (Å²) in [6.07, 6.45) is 0. The molecule has 0 unspecified atom stereocenters. The molecule has 0 fully saturated rings. The Labute approximate surface area is 757 Å². The van der Waals surface area contributed by atoms with Crippen LogP contribution in [-0.4, -0.2) is 29.9 Å². The van der Waals surface area contributed by atoms with Crippen molar-refractivity contribution in [3.8, 4) is 113 Å². The standard InChI is InChI=1S/C60H37N3O.C60H37N3S.2CH4/c1-2-17-46(18-3-1)60(52-22-10-8-19-48(52)49-20-9-11-23-53(49)60)47-33-34-54-51(37-47)56-50(21-12-24-55(56)64-54)59-62-57(61-58(63-59)45-32-28-39-14-5-7-16-43(39)36-45)41-29-25-40(26-30-41)44-31-27-38-13-4-6-15-42(38)35-44;1-2-17-46(18-3-1)60(52-22-10-8-19-48(52)49-20-9-11-23-53(49)60)47-33-34-50-55(37-47)64-54-24-12-21-51(56(50)54)59-62-57(61-58(63-59)45-32-28-39-14-5-7-16-43(39)36-45)41-29-25-40(26-30-41)44-31-27-38-13-4-6-15-42(38)35-44;;/h2*1-37H;2*1H4. The fraction of sp³-hybridized carbons (Fsp3) is 0.0328. The van der Waals surface area contributed by atoms with E-state index in [1.54, 1.807) is 0 Å². The van der Waals surface area contributed by atoms with Gasteiger partial charge in [0.1, 0.15) is 11.2 Å². The molecule has 130 heavy (non-hydrogen) atoms. The van der Waals surface area contributed by atoms with Gasteiger partial charge in [0.15, 0.2) is 34.9 Å². The Bertz CT molecular complexity index is 8500. The number of aromatic nitrogens is 6. The van der Waals surface area contributed by atoms with Gasteiger partial charge in [-0.15, -0.1) is 11.3 Å².